The fourth-order valence-electron chi connectivity index (χ4n) is 3.95. The van der Waals surface area contributed by atoms with Crippen molar-refractivity contribution < 1.29 is 23.5 Å². The van der Waals surface area contributed by atoms with Gasteiger partial charge in [0.25, 0.3) is 17.7 Å². The molecule has 0 atom stereocenters. The van der Waals surface area contributed by atoms with Crippen LogP contribution in [-0.4, -0.2) is 42.9 Å². The van der Waals surface area contributed by atoms with Gasteiger partial charge in [-0.3, -0.25) is 19.3 Å². The zero-order valence-corrected chi connectivity index (χ0v) is 22.8. The van der Waals surface area contributed by atoms with E-state index in [0.29, 0.717) is 40.8 Å². The van der Waals surface area contributed by atoms with Gasteiger partial charge in [0.15, 0.2) is 0 Å². The second-order valence-electron chi connectivity index (χ2n) is 9.30. The molecule has 9 heteroatoms. The molecule has 3 aromatic carbocycles. The lowest BCUT2D eigenvalue weighted by Crippen LogP contribution is -2.33. The third-order valence-corrected chi connectivity index (χ3v) is 7.23. The Balaban J connectivity index is 1.53. The smallest absolute Gasteiger partial charge is 0.278 e. The van der Waals surface area contributed by atoms with Crippen LogP contribution in [0.2, 0.25) is 0 Å². The first kappa shape index (κ1) is 28.1. The highest BCUT2D eigenvalue weighted by Gasteiger charge is 2.38. The van der Waals surface area contributed by atoms with E-state index in [-0.39, 0.29) is 30.0 Å². The Morgan fingerprint density at radius 2 is 1.56 bits per heavy atom. The lowest BCUT2D eigenvalue weighted by molar-refractivity contribution is -0.137. The highest BCUT2D eigenvalue weighted by molar-refractivity contribution is 8.04. The normalized spacial score (nSPS) is 13.4. The molecule has 7 nitrogen and oxygen atoms in total. The lowest BCUT2D eigenvalue weighted by atomic mass is 10.0. The Hall–Kier alpha value is -3.95. The summed E-state index contributed by atoms with van der Waals surface area (Å²) in [7, 11) is 1.58. The maximum Gasteiger partial charge on any atom is 0.278 e. The summed E-state index contributed by atoms with van der Waals surface area (Å²) < 4.78 is 18.2. The number of ether oxygens (including phenoxy) is 1. The van der Waals surface area contributed by atoms with Crippen LogP contribution >= 0.6 is 11.8 Å². The zero-order valence-electron chi connectivity index (χ0n) is 22.0. The van der Waals surface area contributed by atoms with Gasteiger partial charge >= 0.3 is 0 Å². The number of hydrogen-bond donors (Lipinski definition) is 2. The molecule has 3 aromatic rings. The Bertz CT molecular complexity index is 1370. The summed E-state index contributed by atoms with van der Waals surface area (Å²) in [6, 6.07) is 20.0. The molecule has 39 heavy (non-hydrogen) atoms. The van der Waals surface area contributed by atoms with E-state index in [1.165, 1.54) is 46.5 Å². The number of carbonyl (C=O) groups is 3. The Morgan fingerprint density at radius 1 is 0.923 bits per heavy atom. The van der Waals surface area contributed by atoms with Crippen LogP contribution in [0.3, 0.4) is 0 Å². The Morgan fingerprint density at radius 3 is 2.18 bits per heavy atom. The van der Waals surface area contributed by atoms with Crippen molar-refractivity contribution in [2.45, 2.75) is 31.1 Å². The van der Waals surface area contributed by atoms with E-state index in [1.807, 2.05) is 24.3 Å². The summed E-state index contributed by atoms with van der Waals surface area (Å²) >= 11 is 1.19. The molecule has 1 aliphatic rings. The summed E-state index contributed by atoms with van der Waals surface area (Å²) in [6.07, 6.45) is 0.532. The van der Waals surface area contributed by atoms with E-state index in [9.17, 15) is 18.8 Å². The van der Waals surface area contributed by atoms with Gasteiger partial charge in [-0.15, -0.1) is 0 Å². The minimum Gasteiger partial charge on any atom is -0.385 e. The van der Waals surface area contributed by atoms with Crippen molar-refractivity contribution in [3.05, 3.63) is 100 Å². The number of carbonyl (C=O) groups excluding carboxylic acids is 3. The van der Waals surface area contributed by atoms with Crippen molar-refractivity contribution >= 4 is 40.9 Å². The second-order valence-corrected chi connectivity index (χ2v) is 10.4. The van der Waals surface area contributed by atoms with Crippen LogP contribution in [0.5, 0.6) is 0 Å². The average Bonchev–Trinajstić information content (AvgIpc) is 3.14. The minimum absolute atomic E-state index is 0.230. The summed E-state index contributed by atoms with van der Waals surface area (Å²) in [5.74, 6) is -1.15. The van der Waals surface area contributed by atoms with Crippen LogP contribution in [0, 0.1) is 5.82 Å². The zero-order chi connectivity index (χ0) is 27.9. The van der Waals surface area contributed by atoms with Gasteiger partial charge in [-0.05, 0) is 78.6 Å². The van der Waals surface area contributed by atoms with Gasteiger partial charge in [-0.25, -0.2) is 4.39 Å². The van der Waals surface area contributed by atoms with Gasteiger partial charge in [-0.2, -0.15) is 0 Å². The number of amides is 3. The van der Waals surface area contributed by atoms with Crippen molar-refractivity contribution in [3.63, 3.8) is 0 Å². The van der Waals surface area contributed by atoms with Crippen molar-refractivity contribution in [1.82, 2.24) is 4.90 Å². The van der Waals surface area contributed by atoms with Crippen LogP contribution in [0.15, 0.2) is 88.3 Å². The number of nitrogens with zero attached hydrogens (tertiary/aromatic N) is 1. The monoisotopic (exact) mass is 547 g/mol. The number of anilines is 2. The molecule has 1 aliphatic heterocycles. The standard InChI is InChI=1S/C30H30FN3O4S/c1-19(2)20-7-11-23(12-8-20)32-26-27(30(37)34(29(26)36)17-4-18-38-3)39-25-15-13-24(14-16-25)33-28(35)21-5-9-22(31)10-6-21/h5-16,19,32H,4,17-18H2,1-3H3,(H,33,35). The predicted octanol–water partition coefficient (Wildman–Crippen LogP) is 6.02. The summed E-state index contributed by atoms with van der Waals surface area (Å²) in [5.41, 5.74) is 2.99. The molecule has 0 spiro atoms. The van der Waals surface area contributed by atoms with E-state index >= 15 is 0 Å². The van der Waals surface area contributed by atoms with Crippen molar-refractivity contribution in [3.8, 4) is 0 Å². The fourth-order valence-corrected chi connectivity index (χ4v) is 4.90. The molecule has 2 N–H and O–H groups in total. The topological polar surface area (TPSA) is 87.7 Å². The molecule has 0 aliphatic carbocycles. The predicted molar refractivity (Wildman–Crippen MR) is 151 cm³/mol. The summed E-state index contributed by atoms with van der Waals surface area (Å²) in [4.78, 5) is 41.3. The molecule has 0 radical (unpaired) electrons. The number of benzene rings is 3. The van der Waals surface area contributed by atoms with Gasteiger partial charge in [0, 0.05) is 42.1 Å². The molecule has 0 aromatic heterocycles. The van der Waals surface area contributed by atoms with Gasteiger partial charge in [0.05, 0.1) is 0 Å². The number of nitrogens with one attached hydrogen (secondary N) is 2. The Labute approximate surface area is 231 Å². The van der Waals surface area contributed by atoms with Crippen LogP contribution < -0.4 is 10.6 Å². The molecule has 202 valence electrons. The first-order chi connectivity index (χ1) is 18.8. The lowest BCUT2D eigenvalue weighted by Gasteiger charge is -2.15. The molecule has 0 fully saturated rings. The second kappa shape index (κ2) is 12.7. The van der Waals surface area contributed by atoms with E-state index in [4.69, 9.17) is 4.74 Å². The minimum atomic E-state index is -0.416. The average molecular weight is 548 g/mol. The first-order valence-electron chi connectivity index (χ1n) is 12.6. The van der Waals surface area contributed by atoms with E-state index in [1.54, 1.807) is 31.4 Å². The van der Waals surface area contributed by atoms with Crippen molar-refractivity contribution in [1.29, 1.82) is 0 Å². The number of thioether (sulfide) groups is 1. The molecule has 0 saturated carbocycles. The van der Waals surface area contributed by atoms with Gasteiger partial charge in [-0.1, -0.05) is 37.7 Å². The molecule has 4 rings (SSSR count). The number of rotatable bonds is 11. The maximum atomic E-state index is 13.3. The van der Waals surface area contributed by atoms with Crippen LogP contribution in [0.1, 0.15) is 42.1 Å². The molecule has 3 amide bonds. The quantitative estimate of drug-likeness (QED) is 0.225. The molecule has 0 unspecified atom stereocenters. The molecular formula is C30H30FN3O4S. The van der Waals surface area contributed by atoms with Gasteiger partial charge < -0.3 is 15.4 Å². The van der Waals surface area contributed by atoms with E-state index in [2.05, 4.69) is 24.5 Å². The number of methoxy groups -OCH3 is 1. The molecule has 0 bridgehead atoms. The molecule has 0 saturated heterocycles. The molecule has 1 heterocycles. The third kappa shape index (κ3) is 6.93. The van der Waals surface area contributed by atoms with E-state index < -0.39 is 5.82 Å². The van der Waals surface area contributed by atoms with Crippen LogP contribution in [0.25, 0.3) is 0 Å². The summed E-state index contributed by atoms with van der Waals surface area (Å²) in [5, 5.41) is 5.94. The van der Waals surface area contributed by atoms with Crippen molar-refractivity contribution in [2.24, 2.45) is 0 Å². The number of halogens is 1. The van der Waals surface area contributed by atoms with Crippen LogP contribution in [-0.2, 0) is 14.3 Å². The number of imide groups is 1. The van der Waals surface area contributed by atoms with Crippen molar-refractivity contribution in [2.75, 3.05) is 30.9 Å². The Kier molecular flexibility index (Phi) is 9.16. The highest BCUT2D eigenvalue weighted by Crippen LogP contribution is 2.36. The first-order valence-corrected chi connectivity index (χ1v) is 13.4. The fraction of sp³-hybridized carbons (Fsp3) is 0.233. The molecular weight excluding hydrogens is 517 g/mol. The maximum absolute atomic E-state index is 13.3. The van der Waals surface area contributed by atoms with E-state index in [0.717, 1.165) is 4.90 Å². The third-order valence-electron chi connectivity index (χ3n) is 6.14. The summed E-state index contributed by atoms with van der Waals surface area (Å²) in [6.45, 7) is 4.90. The largest absolute Gasteiger partial charge is 0.385 e. The van der Waals surface area contributed by atoms with Gasteiger partial charge in [0.1, 0.15) is 16.4 Å². The van der Waals surface area contributed by atoms with Gasteiger partial charge in [0.2, 0.25) is 0 Å². The highest BCUT2D eigenvalue weighted by atomic mass is 32.2. The van der Waals surface area contributed by atoms with Crippen LogP contribution in [0.4, 0.5) is 15.8 Å². The number of hydrogen-bond acceptors (Lipinski definition) is 6. The SMILES string of the molecule is COCCCN1C(=O)C(Nc2ccc(C(C)C)cc2)=C(Sc2ccc(NC(=O)c3ccc(F)cc3)cc2)C1=O.